The highest BCUT2D eigenvalue weighted by Crippen LogP contribution is 2.30. The third kappa shape index (κ3) is 5.35. The van der Waals surface area contributed by atoms with Gasteiger partial charge in [-0.2, -0.15) is 0 Å². The van der Waals surface area contributed by atoms with Crippen LogP contribution in [0, 0.1) is 0 Å². The molecule has 1 aliphatic rings. The number of guanidine groups is 1. The Morgan fingerprint density at radius 1 is 1.26 bits per heavy atom. The van der Waals surface area contributed by atoms with Crippen molar-refractivity contribution in [3.05, 3.63) is 40.3 Å². The lowest BCUT2D eigenvalue weighted by Crippen LogP contribution is -2.45. The molecule has 1 aromatic carbocycles. The number of para-hydroxylation sites is 2. The van der Waals surface area contributed by atoms with E-state index in [1.807, 2.05) is 24.3 Å². The van der Waals surface area contributed by atoms with Crippen LogP contribution in [0.5, 0.6) is 11.5 Å². The second kappa shape index (κ2) is 8.61. The van der Waals surface area contributed by atoms with Gasteiger partial charge < -0.3 is 20.1 Å². The van der Waals surface area contributed by atoms with E-state index >= 15 is 0 Å². The summed E-state index contributed by atoms with van der Waals surface area (Å²) in [5.41, 5.74) is 1.18. The topological polar surface area (TPSA) is 67.8 Å². The van der Waals surface area contributed by atoms with Gasteiger partial charge in [-0.15, -0.1) is 11.3 Å². The molecule has 1 aliphatic heterocycles. The SMILES string of the molecule is CCNC(=NCc1nc(C(C)(C)C)cs1)NCC1COc2ccccc2O1. The lowest BCUT2D eigenvalue weighted by atomic mass is 9.93. The van der Waals surface area contributed by atoms with Crippen LogP contribution in [0.25, 0.3) is 0 Å². The molecule has 1 unspecified atom stereocenters. The van der Waals surface area contributed by atoms with Crippen LogP contribution in [0.15, 0.2) is 34.6 Å². The Labute approximate surface area is 165 Å². The number of thiazole rings is 1. The number of fused-ring (bicyclic) bond motifs is 1. The molecule has 0 saturated heterocycles. The second-order valence-corrected chi connectivity index (χ2v) is 8.39. The number of nitrogens with zero attached hydrogens (tertiary/aromatic N) is 2. The van der Waals surface area contributed by atoms with Crippen LogP contribution in [-0.2, 0) is 12.0 Å². The number of benzene rings is 1. The minimum Gasteiger partial charge on any atom is -0.486 e. The van der Waals surface area contributed by atoms with Crippen LogP contribution in [0.4, 0.5) is 0 Å². The molecule has 7 heteroatoms. The molecular weight excluding hydrogens is 360 g/mol. The normalized spacial score (nSPS) is 16.9. The van der Waals surface area contributed by atoms with E-state index in [2.05, 4.69) is 48.7 Å². The van der Waals surface area contributed by atoms with Crippen molar-refractivity contribution >= 4 is 17.3 Å². The number of ether oxygens (including phenoxy) is 2. The molecule has 2 aromatic rings. The minimum absolute atomic E-state index is 0.0592. The van der Waals surface area contributed by atoms with Crippen molar-refractivity contribution in [3.8, 4) is 11.5 Å². The molecule has 0 fully saturated rings. The monoisotopic (exact) mass is 388 g/mol. The zero-order chi connectivity index (χ0) is 19.3. The first kappa shape index (κ1) is 19.5. The maximum Gasteiger partial charge on any atom is 0.191 e. The van der Waals surface area contributed by atoms with Crippen molar-refractivity contribution < 1.29 is 9.47 Å². The van der Waals surface area contributed by atoms with Gasteiger partial charge in [0.1, 0.15) is 17.7 Å². The molecule has 3 rings (SSSR count). The Morgan fingerprint density at radius 3 is 2.74 bits per heavy atom. The molecule has 146 valence electrons. The van der Waals surface area contributed by atoms with Crippen LogP contribution in [0.2, 0.25) is 0 Å². The van der Waals surface area contributed by atoms with E-state index in [1.54, 1.807) is 11.3 Å². The van der Waals surface area contributed by atoms with Crippen molar-refractivity contribution in [1.82, 2.24) is 15.6 Å². The molecule has 6 nitrogen and oxygen atoms in total. The third-order valence-electron chi connectivity index (χ3n) is 4.10. The fourth-order valence-electron chi connectivity index (χ4n) is 2.59. The summed E-state index contributed by atoms with van der Waals surface area (Å²) in [4.78, 5) is 9.35. The predicted molar refractivity (Wildman–Crippen MR) is 110 cm³/mol. The van der Waals surface area contributed by atoms with E-state index in [9.17, 15) is 0 Å². The summed E-state index contributed by atoms with van der Waals surface area (Å²) in [6.45, 7) is 11.1. The van der Waals surface area contributed by atoms with E-state index in [0.717, 1.165) is 34.7 Å². The number of aromatic nitrogens is 1. The Balaban J connectivity index is 1.56. The van der Waals surface area contributed by atoms with Crippen LogP contribution in [0.3, 0.4) is 0 Å². The minimum atomic E-state index is -0.0592. The number of aliphatic imine (C=N–C) groups is 1. The smallest absolute Gasteiger partial charge is 0.191 e. The Hall–Kier alpha value is -2.28. The quantitative estimate of drug-likeness (QED) is 0.607. The maximum atomic E-state index is 5.98. The van der Waals surface area contributed by atoms with Gasteiger partial charge in [0.05, 0.1) is 18.8 Å². The first-order valence-electron chi connectivity index (χ1n) is 9.31. The van der Waals surface area contributed by atoms with Gasteiger partial charge >= 0.3 is 0 Å². The number of nitrogens with one attached hydrogen (secondary N) is 2. The Morgan fingerprint density at radius 2 is 2.04 bits per heavy atom. The molecule has 0 saturated carbocycles. The molecule has 0 bridgehead atoms. The first-order chi connectivity index (χ1) is 13.0. The van der Waals surface area contributed by atoms with Crippen molar-refractivity contribution in [2.75, 3.05) is 19.7 Å². The Kier molecular flexibility index (Phi) is 6.21. The summed E-state index contributed by atoms with van der Waals surface area (Å²) in [5, 5.41) is 9.75. The number of hydrogen-bond acceptors (Lipinski definition) is 5. The molecule has 2 N–H and O–H groups in total. The largest absolute Gasteiger partial charge is 0.486 e. The van der Waals surface area contributed by atoms with Gasteiger partial charge in [-0.3, -0.25) is 0 Å². The van der Waals surface area contributed by atoms with Crippen molar-refractivity contribution in [2.45, 2.75) is 45.8 Å². The molecule has 0 aliphatic carbocycles. The fraction of sp³-hybridized carbons (Fsp3) is 0.500. The molecule has 1 aromatic heterocycles. The fourth-order valence-corrected chi connectivity index (χ4v) is 3.53. The lowest BCUT2D eigenvalue weighted by Gasteiger charge is -2.27. The van der Waals surface area contributed by atoms with E-state index in [4.69, 9.17) is 14.5 Å². The summed E-state index contributed by atoms with van der Waals surface area (Å²) in [7, 11) is 0. The number of hydrogen-bond donors (Lipinski definition) is 2. The van der Waals surface area contributed by atoms with Crippen LogP contribution < -0.4 is 20.1 Å². The van der Waals surface area contributed by atoms with Crippen molar-refractivity contribution in [3.63, 3.8) is 0 Å². The lowest BCUT2D eigenvalue weighted by molar-refractivity contribution is 0.0936. The molecule has 1 atom stereocenters. The second-order valence-electron chi connectivity index (χ2n) is 7.45. The van der Waals surface area contributed by atoms with Gasteiger partial charge in [-0.25, -0.2) is 9.98 Å². The first-order valence-corrected chi connectivity index (χ1v) is 10.2. The van der Waals surface area contributed by atoms with Crippen LogP contribution >= 0.6 is 11.3 Å². The van der Waals surface area contributed by atoms with Gasteiger partial charge in [0, 0.05) is 17.3 Å². The van der Waals surface area contributed by atoms with Gasteiger partial charge in [0.15, 0.2) is 17.5 Å². The van der Waals surface area contributed by atoms with E-state index < -0.39 is 0 Å². The molecule has 2 heterocycles. The highest BCUT2D eigenvalue weighted by molar-refractivity contribution is 7.09. The summed E-state index contributed by atoms with van der Waals surface area (Å²) in [5.74, 6) is 2.34. The summed E-state index contributed by atoms with van der Waals surface area (Å²) in [6.07, 6.45) is -0.0592. The van der Waals surface area contributed by atoms with Crippen molar-refractivity contribution in [2.24, 2.45) is 4.99 Å². The molecule has 0 spiro atoms. The highest BCUT2D eigenvalue weighted by atomic mass is 32.1. The van der Waals surface area contributed by atoms with Gasteiger partial charge in [-0.05, 0) is 19.1 Å². The van der Waals surface area contributed by atoms with Gasteiger partial charge in [-0.1, -0.05) is 32.9 Å². The Bertz CT molecular complexity index is 782. The average Bonchev–Trinajstić information content (AvgIpc) is 3.13. The van der Waals surface area contributed by atoms with E-state index in [1.165, 1.54) is 0 Å². The third-order valence-corrected chi connectivity index (χ3v) is 4.94. The zero-order valence-corrected chi connectivity index (χ0v) is 17.2. The molecule has 0 radical (unpaired) electrons. The van der Waals surface area contributed by atoms with Crippen molar-refractivity contribution in [1.29, 1.82) is 0 Å². The maximum absolute atomic E-state index is 5.98. The van der Waals surface area contributed by atoms with Gasteiger partial charge in [0.25, 0.3) is 0 Å². The van der Waals surface area contributed by atoms with E-state index in [0.29, 0.717) is 19.7 Å². The van der Waals surface area contributed by atoms with Gasteiger partial charge in [0.2, 0.25) is 0 Å². The van der Waals surface area contributed by atoms with Crippen LogP contribution in [0.1, 0.15) is 38.4 Å². The van der Waals surface area contributed by atoms with E-state index in [-0.39, 0.29) is 11.5 Å². The average molecular weight is 389 g/mol. The number of rotatable bonds is 5. The zero-order valence-electron chi connectivity index (χ0n) is 16.4. The molecular formula is C20H28N4O2S. The standard InChI is InChI=1S/C20H28N4O2S/c1-5-21-19(23-11-18-24-17(13-27-18)20(2,3)4)22-10-14-12-25-15-8-6-7-9-16(15)26-14/h6-9,13-14H,5,10-12H2,1-4H3,(H2,21,22,23). The predicted octanol–water partition coefficient (Wildman–Crippen LogP) is 3.34. The highest BCUT2D eigenvalue weighted by Gasteiger charge is 2.21. The van der Waals surface area contributed by atoms with Crippen LogP contribution in [-0.4, -0.2) is 36.7 Å². The summed E-state index contributed by atoms with van der Waals surface area (Å²) in [6, 6.07) is 7.74. The summed E-state index contributed by atoms with van der Waals surface area (Å²) < 4.78 is 11.7. The summed E-state index contributed by atoms with van der Waals surface area (Å²) >= 11 is 1.66. The molecule has 27 heavy (non-hydrogen) atoms. The molecule has 0 amide bonds.